The maximum Gasteiger partial charge on any atom is 0.241 e. The van der Waals surface area contributed by atoms with Gasteiger partial charge >= 0.3 is 0 Å². The molecule has 1 atom stereocenters. The van der Waals surface area contributed by atoms with Gasteiger partial charge < -0.3 is 10.2 Å². The number of nitrogens with zero attached hydrogens (tertiary/aromatic N) is 2. The molecular formula is C27H38N4O4S. The van der Waals surface area contributed by atoms with Crippen LogP contribution in [-0.4, -0.2) is 57.4 Å². The molecule has 0 aliphatic carbocycles. The number of sulfonamides is 1. The second-order valence-corrected chi connectivity index (χ2v) is 11.3. The molecule has 2 amide bonds. The number of benzene rings is 2. The van der Waals surface area contributed by atoms with Crippen molar-refractivity contribution in [2.24, 2.45) is 5.92 Å². The van der Waals surface area contributed by atoms with Crippen LogP contribution in [0.5, 0.6) is 0 Å². The van der Waals surface area contributed by atoms with Crippen LogP contribution >= 0.6 is 0 Å². The zero-order valence-electron chi connectivity index (χ0n) is 21.7. The van der Waals surface area contributed by atoms with E-state index in [1.165, 1.54) is 18.6 Å². The average Bonchev–Trinajstić information content (AvgIpc) is 3.28. The lowest BCUT2D eigenvalue weighted by molar-refractivity contribution is -0.123. The van der Waals surface area contributed by atoms with Crippen LogP contribution in [0.4, 0.5) is 5.69 Å². The van der Waals surface area contributed by atoms with Gasteiger partial charge in [-0.1, -0.05) is 51.1 Å². The van der Waals surface area contributed by atoms with E-state index < -0.39 is 16.1 Å². The van der Waals surface area contributed by atoms with Crippen molar-refractivity contribution in [2.45, 2.75) is 58.0 Å². The Morgan fingerprint density at radius 3 is 2.47 bits per heavy atom. The predicted octanol–water partition coefficient (Wildman–Crippen LogP) is 2.93. The summed E-state index contributed by atoms with van der Waals surface area (Å²) < 4.78 is 28.8. The Morgan fingerprint density at radius 1 is 1.11 bits per heavy atom. The minimum Gasteiger partial charge on any atom is -0.355 e. The zero-order valence-corrected chi connectivity index (χ0v) is 22.5. The summed E-state index contributed by atoms with van der Waals surface area (Å²) in [7, 11) is -3.91. The monoisotopic (exact) mass is 514 g/mol. The molecule has 8 nitrogen and oxygen atoms in total. The average molecular weight is 515 g/mol. The van der Waals surface area contributed by atoms with Crippen LogP contribution in [0.1, 0.15) is 45.2 Å². The molecule has 1 aliphatic heterocycles. The van der Waals surface area contributed by atoms with Crippen molar-refractivity contribution in [2.75, 3.05) is 31.1 Å². The molecule has 0 spiro atoms. The van der Waals surface area contributed by atoms with Crippen LogP contribution in [-0.2, 0) is 32.6 Å². The van der Waals surface area contributed by atoms with E-state index in [4.69, 9.17) is 0 Å². The molecule has 0 fully saturated rings. The Morgan fingerprint density at radius 2 is 1.83 bits per heavy atom. The number of carbonyl (C=O) groups is 2. The first-order valence-electron chi connectivity index (χ1n) is 12.6. The smallest absolute Gasteiger partial charge is 0.241 e. The first kappa shape index (κ1) is 27.8. The van der Waals surface area contributed by atoms with Crippen molar-refractivity contribution in [1.82, 2.24) is 14.9 Å². The first-order chi connectivity index (χ1) is 17.1. The van der Waals surface area contributed by atoms with Gasteiger partial charge in [-0.15, -0.1) is 0 Å². The Balaban J connectivity index is 1.56. The van der Waals surface area contributed by atoms with Crippen molar-refractivity contribution in [1.29, 1.82) is 0 Å². The Bertz CT molecular complexity index is 1150. The maximum atomic E-state index is 13.1. The number of anilines is 1. The molecule has 3 rings (SSSR count). The normalized spacial score (nSPS) is 14.2. The van der Waals surface area contributed by atoms with Gasteiger partial charge in [0.25, 0.3) is 0 Å². The summed E-state index contributed by atoms with van der Waals surface area (Å²) in [5.41, 5.74) is 2.81. The Hall–Kier alpha value is -2.75. The molecule has 2 aromatic carbocycles. The first-order valence-corrected chi connectivity index (χ1v) is 14.1. The van der Waals surface area contributed by atoms with Crippen LogP contribution in [0.25, 0.3) is 0 Å². The number of amides is 2. The van der Waals surface area contributed by atoms with Gasteiger partial charge in [0.1, 0.15) is 6.04 Å². The Kier molecular flexibility index (Phi) is 9.64. The van der Waals surface area contributed by atoms with Crippen molar-refractivity contribution in [3.8, 4) is 0 Å². The third kappa shape index (κ3) is 7.15. The lowest BCUT2D eigenvalue weighted by Gasteiger charge is -2.23. The number of hydrogen-bond donors (Lipinski definition) is 2. The zero-order chi connectivity index (χ0) is 26.3. The van der Waals surface area contributed by atoms with Crippen LogP contribution in [0.3, 0.4) is 0 Å². The van der Waals surface area contributed by atoms with Gasteiger partial charge in [0.2, 0.25) is 21.8 Å². The number of nitrogens with one attached hydrogen (secondary N) is 2. The molecule has 2 N–H and O–H groups in total. The Labute approximate surface area is 215 Å². The molecule has 0 bridgehead atoms. The van der Waals surface area contributed by atoms with Gasteiger partial charge in [-0.2, -0.15) is 4.72 Å². The van der Waals surface area contributed by atoms with Crippen molar-refractivity contribution in [3.05, 3.63) is 59.7 Å². The van der Waals surface area contributed by atoms with E-state index in [2.05, 4.69) is 34.0 Å². The predicted molar refractivity (Wildman–Crippen MR) is 142 cm³/mol. The molecule has 9 heteroatoms. The fourth-order valence-corrected chi connectivity index (χ4v) is 5.81. The molecule has 0 radical (unpaired) electrons. The van der Waals surface area contributed by atoms with E-state index in [1.54, 1.807) is 17.0 Å². The molecule has 36 heavy (non-hydrogen) atoms. The highest BCUT2D eigenvalue weighted by atomic mass is 32.2. The standard InChI is InChI=1S/C27H38N4O4S/c1-5-30(19-22-10-7-6-8-11-22)16-9-15-28-27(33)26(20(2)3)29-36(34,35)24-12-13-25-23(18-24)14-17-31(25)21(4)32/h6-8,10-13,18,20,26,29H,5,9,14-17,19H2,1-4H3,(H,28,33)/t26-/m1/s1. The van der Waals surface area contributed by atoms with E-state index in [0.717, 1.165) is 37.3 Å². The molecule has 2 aromatic rings. The molecule has 0 unspecified atom stereocenters. The minimum atomic E-state index is -3.91. The van der Waals surface area contributed by atoms with E-state index in [-0.39, 0.29) is 22.6 Å². The summed E-state index contributed by atoms with van der Waals surface area (Å²) >= 11 is 0. The summed E-state index contributed by atoms with van der Waals surface area (Å²) in [6, 6.07) is 14.1. The highest BCUT2D eigenvalue weighted by Crippen LogP contribution is 2.30. The molecule has 1 aliphatic rings. The molecule has 0 aromatic heterocycles. The SMILES string of the molecule is CCN(CCCNC(=O)[C@H](NS(=O)(=O)c1ccc2c(c1)CCN2C(C)=O)C(C)C)Cc1ccccc1. The van der Waals surface area contributed by atoms with Gasteiger partial charge in [-0.25, -0.2) is 8.42 Å². The topological polar surface area (TPSA) is 98.8 Å². The summed E-state index contributed by atoms with van der Waals surface area (Å²) in [4.78, 5) is 28.7. The summed E-state index contributed by atoms with van der Waals surface area (Å²) in [5, 5.41) is 2.90. The molecule has 196 valence electrons. The number of carbonyl (C=O) groups excluding carboxylic acids is 2. The van der Waals surface area contributed by atoms with Crippen LogP contribution < -0.4 is 14.9 Å². The van der Waals surface area contributed by atoms with Gasteiger partial charge in [0, 0.05) is 38.8 Å². The third-order valence-corrected chi connectivity index (χ3v) is 7.95. The second-order valence-electron chi connectivity index (χ2n) is 9.55. The lowest BCUT2D eigenvalue weighted by atomic mass is 10.1. The van der Waals surface area contributed by atoms with E-state index in [9.17, 15) is 18.0 Å². The largest absolute Gasteiger partial charge is 0.355 e. The fraction of sp³-hybridized carbons (Fsp3) is 0.481. The van der Waals surface area contributed by atoms with Gasteiger partial charge in [-0.3, -0.25) is 14.5 Å². The van der Waals surface area contributed by atoms with E-state index >= 15 is 0 Å². The summed E-state index contributed by atoms with van der Waals surface area (Å²) in [6.45, 7) is 10.8. The van der Waals surface area contributed by atoms with E-state index in [0.29, 0.717) is 19.5 Å². The van der Waals surface area contributed by atoms with Crippen molar-refractivity contribution < 1.29 is 18.0 Å². The second kappa shape index (κ2) is 12.5. The molecular weight excluding hydrogens is 476 g/mol. The third-order valence-electron chi connectivity index (χ3n) is 6.51. The number of rotatable bonds is 12. The van der Waals surface area contributed by atoms with Crippen molar-refractivity contribution in [3.63, 3.8) is 0 Å². The highest BCUT2D eigenvalue weighted by Gasteiger charge is 2.30. The minimum absolute atomic E-state index is 0.0684. The quantitative estimate of drug-likeness (QED) is 0.425. The van der Waals surface area contributed by atoms with Gasteiger partial charge in [0.15, 0.2) is 0 Å². The molecule has 0 saturated carbocycles. The van der Waals surface area contributed by atoms with Gasteiger partial charge in [0.05, 0.1) is 4.90 Å². The van der Waals surface area contributed by atoms with E-state index in [1.807, 2.05) is 32.0 Å². The van der Waals surface area contributed by atoms with Crippen molar-refractivity contribution >= 4 is 27.5 Å². The van der Waals surface area contributed by atoms with Crippen LogP contribution in [0, 0.1) is 5.92 Å². The summed E-state index contributed by atoms with van der Waals surface area (Å²) in [5.74, 6) is -0.627. The van der Waals surface area contributed by atoms with Crippen LogP contribution in [0.15, 0.2) is 53.4 Å². The van der Waals surface area contributed by atoms with Gasteiger partial charge in [-0.05, 0) is 54.6 Å². The number of fused-ring (bicyclic) bond motifs is 1. The molecule has 1 heterocycles. The van der Waals surface area contributed by atoms with Crippen LogP contribution in [0.2, 0.25) is 0 Å². The molecule has 0 saturated heterocycles. The maximum absolute atomic E-state index is 13.1. The lowest BCUT2D eigenvalue weighted by Crippen LogP contribution is -2.50. The highest BCUT2D eigenvalue weighted by molar-refractivity contribution is 7.89. The fourth-order valence-electron chi connectivity index (χ4n) is 4.41. The summed E-state index contributed by atoms with van der Waals surface area (Å²) in [6.07, 6.45) is 1.37. The number of hydrogen-bond acceptors (Lipinski definition) is 5.